The number of anilines is 2. The summed E-state index contributed by atoms with van der Waals surface area (Å²) >= 11 is 1.51. The molecule has 2 atom stereocenters. The molecule has 2 fully saturated rings. The van der Waals surface area contributed by atoms with E-state index in [1.54, 1.807) is 0 Å². The zero-order valence-electron chi connectivity index (χ0n) is 23.1. The van der Waals surface area contributed by atoms with Crippen molar-refractivity contribution in [2.24, 2.45) is 17.8 Å². The van der Waals surface area contributed by atoms with E-state index < -0.39 is 0 Å². The van der Waals surface area contributed by atoms with Gasteiger partial charge in [-0.25, -0.2) is 0 Å². The summed E-state index contributed by atoms with van der Waals surface area (Å²) in [6.07, 6.45) is 0. The molecule has 2 heterocycles. The first-order chi connectivity index (χ1) is 18.3. The number of aliphatic hydroxyl groups excluding tert-OH is 1. The quantitative estimate of drug-likeness (QED) is 0.354. The number of hydrogen-bond donors (Lipinski definition) is 1. The van der Waals surface area contributed by atoms with Crippen molar-refractivity contribution in [1.82, 2.24) is 4.90 Å². The zero-order valence-corrected chi connectivity index (χ0v) is 24.0. The molecule has 6 heteroatoms. The maximum atomic E-state index is 13.6. The van der Waals surface area contributed by atoms with Crippen LogP contribution in [0.15, 0.2) is 66.0 Å². The monoisotopic (exact) mass is 531 g/mol. The minimum atomic E-state index is 0.0937. The Hall–Kier alpha value is -2.67. The van der Waals surface area contributed by atoms with Crippen LogP contribution in [0.2, 0.25) is 0 Å². The molecule has 202 valence electrons. The molecule has 1 aliphatic heterocycles. The van der Waals surface area contributed by atoms with E-state index in [2.05, 4.69) is 86.0 Å². The molecule has 1 aromatic heterocycles. The molecule has 2 unspecified atom stereocenters. The lowest BCUT2D eigenvalue weighted by molar-refractivity contribution is 0.0988. The summed E-state index contributed by atoms with van der Waals surface area (Å²) in [4.78, 5) is 21.1. The number of thiophene rings is 1. The van der Waals surface area contributed by atoms with Crippen molar-refractivity contribution in [1.29, 1.82) is 0 Å². The minimum absolute atomic E-state index is 0.0937. The van der Waals surface area contributed by atoms with Gasteiger partial charge >= 0.3 is 0 Å². The fraction of sp³-hybridized carbons (Fsp3) is 0.469. The molecular formula is C32H41N3O2S. The molecule has 3 aromatic rings. The van der Waals surface area contributed by atoms with Gasteiger partial charge in [-0.2, -0.15) is 0 Å². The number of piperidine rings is 1. The predicted molar refractivity (Wildman–Crippen MR) is 158 cm³/mol. The lowest BCUT2D eigenvalue weighted by atomic mass is 9.87. The van der Waals surface area contributed by atoms with Crippen LogP contribution in [0.5, 0.6) is 0 Å². The van der Waals surface area contributed by atoms with Crippen LogP contribution < -0.4 is 9.80 Å². The number of hydrogen-bond acceptors (Lipinski definition) is 5. The Morgan fingerprint density at radius 2 is 1.66 bits per heavy atom. The van der Waals surface area contributed by atoms with Gasteiger partial charge in [0.05, 0.1) is 11.5 Å². The highest BCUT2D eigenvalue weighted by Gasteiger charge is 2.56. The summed E-state index contributed by atoms with van der Waals surface area (Å²) in [5, 5.41) is 11.4. The van der Waals surface area contributed by atoms with Crippen LogP contribution in [0, 0.1) is 17.8 Å². The molecule has 0 bridgehead atoms. The standard InChI is InChI=1S/C32H41N3O2S/c1-5-34(16-17-36)25-12-14-26(15-13-25)35(31(37)30-7-6-18-38-30)22-29-27-20-33(21-28(27)29)19-23-8-10-24(11-9-23)32(2,3)4/h6-15,18,27-29,36H,5,16-17,19-22H2,1-4H3. The van der Waals surface area contributed by atoms with Gasteiger partial charge in [0.15, 0.2) is 0 Å². The highest BCUT2D eigenvalue weighted by atomic mass is 32.1. The largest absolute Gasteiger partial charge is 0.395 e. The highest BCUT2D eigenvalue weighted by Crippen LogP contribution is 2.52. The maximum absolute atomic E-state index is 13.6. The van der Waals surface area contributed by atoms with E-state index in [0.717, 1.165) is 49.0 Å². The van der Waals surface area contributed by atoms with Crippen molar-refractivity contribution in [3.8, 4) is 0 Å². The summed E-state index contributed by atoms with van der Waals surface area (Å²) in [7, 11) is 0. The molecule has 0 spiro atoms. The van der Waals surface area contributed by atoms with Crippen LogP contribution in [0.3, 0.4) is 0 Å². The summed E-state index contributed by atoms with van der Waals surface area (Å²) in [5.41, 5.74) is 4.97. The number of fused-ring (bicyclic) bond motifs is 1. The molecule has 1 amide bonds. The lowest BCUT2D eigenvalue weighted by Gasteiger charge is -2.27. The molecule has 5 nitrogen and oxygen atoms in total. The van der Waals surface area contributed by atoms with Gasteiger partial charge in [0.2, 0.25) is 0 Å². The Bertz CT molecular complexity index is 1190. The van der Waals surface area contributed by atoms with Crippen molar-refractivity contribution in [3.63, 3.8) is 0 Å². The molecule has 1 aliphatic carbocycles. The van der Waals surface area contributed by atoms with E-state index in [9.17, 15) is 9.90 Å². The van der Waals surface area contributed by atoms with E-state index in [4.69, 9.17) is 0 Å². The molecule has 1 N–H and O–H groups in total. The van der Waals surface area contributed by atoms with Gasteiger partial charge in [-0.1, -0.05) is 51.1 Å². The first-order valence-corrected chi connectivity index (χ1v) is 14.8. The second-order valence-electron chi connectivity index (χ2n) is 11.8. The number of carbonyl (C=O) groups excluding carboxylic acids is 1. The van der Waals surface area contributed by atoms with Crippen molar-refractivity contribution in [2.45, 2.75) is 39.7 Å². The number of amides is 1. The van der Waals surface area contributed by atoms with E-state index in [1.807, 2.05) is 22.4 Å². The SMILES string of the molecule is CCN(CCO)c1ccc(N(CC2C3CN(Cc4ccc(C(C)(C)C)cc4)CC32)C(=O)c2cccs2)cc1. The molecule has 38 heavy (non-hydrogen) atoms. The van der Waals surface area contributed by atoms with Crippen LogP contribution >= 0.6 is 11.3 Å². The number of aliphatic hydroxyl groups is 1. The number of carbonyl (C=O) groups is 1. The fourth-order valence-corrected chi connectivity index (χ4v) is 6.66. The van der Waals surface area contributed by atoms with Crippen molar-refractivity contribution >= 4 is 28.6 Å². The molecule has 2 aliphatic rings. The average molecular weight is 532 g/mol. The number of likely N-dealkylation sites (tertiary alicyclic amines) is 1. The topological polar surface area (TPSA) is 47.0 Å². The third-order valence-corrected chi connectivity index (χ3v) is 9.18. The Balaban J connectivity index is 1.23. The molecule has 1 saturated heterocycles. The summed E-state index contributed by atoms with van der Waals surface area (Å²) in [6.45, 7) is 14.4. The third-order valence-electron chi connectivity index (χ3n) is 8.32. The first-order valence-electron chi connectivity index (χ1n) is 13.9. The van der Waals surface area contributed by atoms with E-state index in [1.165, 1.54) is 22.5 Å². The summed E-state index contributed by atoms with van der Waals surface area (Å²) in [6, 6.07) is 21.3. The molecular weight excluding hydrogens is 490 g/mol. The van der Waals surface area contributed by atoms with Gasteiger partial charge in [-0.15, -0.1) is 11.3 Å². The second kappa shape index (κ2) is 11.2. The van der Waals surface area contributed by atoms with Gasteiger partial charge in [-0.3, -0.25) is 9.69 Å². The zero-order chi connectivity index (χ0) is 26.9. The van der Waals surface area contributed by atoms with Crippen molar-refractivity contribution in [3.05, 3.63) is 82.0 Å². The van der Waals surface area contributed by atoms with Gasteiger partial charge in [0, 0.05) is 50.6 Å². The number of benzene rings is 2. The van der Waals surface area contributed by atoms with Gasteiger partial charge in [0.1, 0.15) is 0 Å². The van der Waals surface area contributed by atoms with Crippen molar-refractivity contribution in [2.75, 3.05) is 49.1 Å². The molecule has 2 aromatic carbocycles. The second-order valence-corrected chi connectivity index (χ2v) is 12.8. The third kappa shape index (κ3) is 5.83. The Morgan fingerprint density at radius 3 is 2.21 bits per heavy atom. The fourth-order valence-electron chi connectivity index (χ4n) is 5.99. The minimum Gasteiger partial charge on any atom is -0.395 e. The van der Waals surface area contributed by atoms with E-state index >= 15 is 0 Å². The van der Waals surface area contributed by atoms with E-state index in [-0.39, 0.29) is 17.9 Å². The van der Waals surface area contributed by atoms with Crippen LogP contribution in [-0.4, -0.2) is 55.2 Å². The Kier molecular flexibility index (Phi) is 7.94. The molecule has 1 saturated carbocycles. The van der Waals surface area contributed by atoms with E-state index in [0.29, 0.717) is 24.3 Å². The normalized spacial score (nSPS) is 20.8. The smallest absolute Gasteiger partial charge is 0.268 e. The van der Waals surface area contributed by atoms with Crippen LogP contribution in [0.4, 0.5) is 11.4 Å². The number of nitrogens with zero attached hydrogens (tertiary/aromatic N) is 3. The number of rotatable bonds is 10. The lowest BCUT2D eigenvalue weighted by Crippen LogP contribution is -2.35. The number of likely N-dealkylation sites (N-methyl/N-ethyl adjacent to an activating group) is 1. The van der Waals surface area contributed by atoms with Crippen LogP contribution in [-0.2, 0) is 12.0 Å². The van der Waals surface area contributed by atoms with Gasteiger partial charge in [0.25, 0.3) is 5.91 Å². The molecule has 0 radical (unpaired) electrons. The first kappa shape index (κ1) is 26.9. The van der Waals surface area contributed by atoms with Gasteiger partial charge < -0.3 is 14.9 Å². The van der Waals surface area contributed by atoms with Gasteiger partial charge in [-0.05, 0) is 76.9 Å². The Morgan fingerprint density at radius 1 is 1.00 bits per heavy atom. The summed E-state index contributed by atoms with van der Waals surface area (Å²) < 4.78 is 0. The Labute approximate surface area is 231 Å². The van der Waals surface area contributed by atoms with Crippen molar-refractivity contribution < 1.29 is 9.90 Å². The highest BCUT2D eigenvalue weighted by molar-refractivity contribution is 7.12. The van der Waals surface area contributed by atoms with Crippen LogP contribution in [0.1, 0.15) is 48.5 Å². The van der Waals surface area contributed by atoms with Crippen LogP contribution in [0.25, 0.3) is 0 Å². The average Bonchev–Trinajstić information content (AvgIpc) is 3.29. The predicted octanol–water partition coefficient (Wildman–Crippen LogP) is 5.89. The maximum Gasteiger partial charge on any atom is 0.268 e. The summed E-state index contributed by atoms with van der Waals surface area (Å²) in [5.74, 6) is 1.99. The molecule has 5 rings (SSSR count).